The Hall–Kier alpha value is -4.35. The van der Waals surface area contributed by atoms with Gasteiger partial charge in [-0.2, -0.15) is 5.26 Å². The topological polar surface area (TPSA) is 159 Å². The van der Waals surface area contributed by atoms with Gasteiger partial charge >= 0.3 is 0 Å². The van der Waals surface area contributed by atoms with Crippen LogP contribution in [0.3, 0.4) is 0 Å². The fraction of sp³-hybridized carbons (Fsp3) is 0.217. The van der Waals surface area contributed by atoms with Gasteiger partial charge in [0.2, 0.25) is 31.9 Å². The zero-order chi connectivity index (χ0) is 26.6. The van der Waals surface area contributed by atoms with Crippen LogP contribution >= 0.6 is 11.3 Å². The fourth-order valence-electron chi connectivity index (χ4n) is 3.20. The molecule has 1 aliphatic heterocycles. The number of ether oxygens (including phenoxy) is 5. The molecule has 1 amide bonds. The first kappa shape index (κ1) is 25.7. The van der Waals surface area contributed by atoms with Crippen LogP contribution in [0.4, 0.5) is 5.13 Å². The maximum atomic E-state index is 12.6. The monoisotopic (exact) mass is 544 g/mol. The highest BCUT2D eigenvalue weighted by Crippen LogP contribution is 2.40. The average molecular weight is 545 g/mol. The smallest absolute Gasteiger partial charge is 0.268 e. The summed E-state index contributed by atoms with van der Waals surface area (Å²) in [5, 5.41) is 19.0. The second-order valence-electron chi connectivity index (χ2n) is 7.50. The molecule has 1 aromatic heterocycles. The highest BCUT2D eigenvalue weighted by atomic mass is 32.2. The molecule has 2 heterocycles. The lowest BCUT2D eigenvalue weighted by molar-refractivity contribution is -0.112. The molecule has 1 aliphatic rings. The van der Waals surface area contributed by atoms with Crippen LogP contribution in [-0.2, 0) is 21.2 Å². The number of hydrogen-bond donors (Lipinski definition) is 1. The lowest BCUT2D eigenvalue weighted by Gasteiger charge is -2.15. The van der Waals surface area contributed by atoms with Crippen molar-refractivity contribution in [2.45, 2.75) is 10.9 Å². The second kappa shape index (κ2) is 10.7. The van der Waals surface area contributed by atoms with Crippen molar-refractivity contribution in [2.75, 3.05) is 32.6 Å². The van der Waals surface area contributed by atoms with E-state index in [0.717, 1.165) is 11.8 Å². The molecular weight excluding hydrogens is 524 g/mol. The van der Waals surface area contributed by atoms with Gasteiger partial charge < -0.3 is 23.7 Å². The summed E-state index contributed by atoms with van der Waals surface area (Å²) in [6, 6.07) is 10.4. The molecule has 0 saturated carbocycles. The number of amides is 1. The van der Waals surface area contributed by atoms with Gasteiger partial charge in [0, 0.05) is 6.26 Å². The molecule has 0 bridgehead atoms. The Balaban J connectivity index is 1.55. The summed E-state index contributed by atoms with van der Waals surface area (Å²) in [4.78, 5) is 12.6. The van der Waals surface area contributed by atoms with E-state index in [1.165, 1.54) is 20.3 Å². The van der Waals surface area contributed by atoms with Gasteiger partial charge in [-0.15, -0.1) is 10.2 Å². The van der Waals surface area contributed by atoms with Crippen LogP contribution in [0.15, 0.2) is 40.2 Å². The van der Waals surface area contributed by atoms with Crippen LogP contribution in [0.25, 0.3) is 6.08 Å². The first-order valence-electron chi connectivity index (χ1n) is 10.5. The van der Waals surface area contributed by atoms with E-state index >= 15 is 0 Å². The molecule has 0 fully saturated rings. The molecule has 4 rings (SSSR count). The summed E-state index contributed by atoms with van der Waals surface area (Å²) in [5.74, 6) is 1.44. The molecule has 3 aromatic rings. The standard InChI is InChI=1S/C23H20N4O8S2/c1-31-18-8-14(6-15(10-24)21(28)25-22-26-27-23(36-22)37(3,29)30)9-19(32-2)20(18)33-11-13-4-5-16-17(7-13)35-12-34-16/h4-9H,11-12H2,1-3H3,(H,25,26,28). The zero-order valence-corrected chi connectivity index (χ0v) is 21.4. The Kier molecular flexibility index (Phi) is 7.46. The molecule has 1 N–H and O–H groups in total. The highest BCUT2D eigenvalue weighted by Gasteiger charge is 2.20. The maximum absolute atomic E-state index is 12.6. The molecule has 37 heavy (non-hydrogen) atoms. The molecule has 0 spiro atoms. The molecular formula is C23H20N4O8S2. The van der Waals surface area contributed by atoms with Gasteiger partial charge in [0.1, 0.15) is 18.2 Å². The first-order chi connectivity index (χ1) is 17.7. The van der Waals surface area contributed by atoms with Crippen LogP contribution in [0.5, 0.6) is 28.7 Å². The number of rotatable bonds is 9. The molecule has 0 atom stereocenters. The van der Waals surface area contributed by atoms with E-state index in [1.54, 1.807) is 18.2 Å². The average Bonchev–Trinajstić information content (AvgIpc) is 3.55. The molecule has 2 aromatic carbocycles. The van der Waals surface area contributed by atoms with E-state index in [-0.39, 0.29) is 28.4 Å². The largest absolute Gasteiger partial charge is 0.493 e. The molecule has 192 valence electrons. The van der Waals surface area contributed by atoms with Crippen molar-refractivity contribution in [1.29, 1.82) is 5.26 Å². The zero-order valence-electron chi connectivity index (χ0n) is 19.8. The van der Waals surface area contributed by atoms with Gasteiger partial charge in [0.25, 0.3) is 5.91 Å². The summed E-state index contributed by atoms with van der Waals surface area (Å²) in [5.41, 5.74) is 0.982. The number of nitriles is 1. The number of nitrogens with zero attached hydrogens (tertiary/aromatic N) is 3. The number of anilines is 1. The highest BCUT2D eigenvalue weighted by molar-refractivity contribution is 7.92. The van der Waals surface area contributed by atoms with Gasteiger partial charge in [-0.05, 0) is 41.5 Å². The minimum Gasteiger partial charge on any atom is -0.493 e. The van der Waals surface area contributed by atoms with Crippen LogP contribution in [0, 0.1) is 11.3 Å². The summed E-state index contributed by atoms with van der Waals surface area (Å²) >= 11 is 0.676. The normalized spacial score (nSPS) is 12.5. The lowest BCUT2D eigenvalue weighted by Crippen LogP contribution is -2.13. The Bertz CT molecular complexity index is 1500. The first-order valence-corrected chi connectivity index (χ1v) is 13.2. The quantitative estimate of drug-likeness (QED) is 0.240. The van der Waals surface area contributed by atoms with Crippen molar-refractivity contribution in [3.8, 4) is 34.8 Å². The number of nitrogens with one attached hydrogen (secondary N) is 1. The Morgan fingerprint density at radius 3 is 2.49 bits per heavy atom. The van der Waals surface area contributed by atoms with E-state index < -0.39 is 15.7 Å². The second-order valence-corrected chi connectivity index (χ2v) is 10.7. The van der Waals surface area contributed by atoms with Gasteiger partial charge in [-0.3, -0.25) is 10.1 Å². The lowest BCUT2D eigenvalue weighted by atomic mass is 10.1. The van der Waals surface area contributed by atoms with Crippen molar-refractivity contribution in [2.24, 2.45) is 0 Å². The van der Waals surface area contributed by atoms with Crippen molar-refractivity contribution in [3.63, 3.8) is 0 Å². The van der Waals surface area contributed by atoms with E-state index in [4.69, 9.17) is 23.7 Å². The van der Waals surface area contributed by atoms with E-state index in [1.807, 2.05) is 18.2 Å². The third-order valence-corrected chi connectivity index (χ3v) is 7.43. The van der Waals surface area contributed by atoms with Crippen molar-refractivity contribution < 1.29 is 36.9 Å². The van der Waals surface area contributed by atoms with Crippen molar-refractivity contribution in [1.82, 2.24) is 10.2 Å². The third-order valence-electron chi connectivity index (χ3n) is 4.92. The minimum atomic E-state index is -3.57. The number of carbonyl (C=O) groups is 1. The number of sulfone groups is 1. The molecule has 0 aliphatic carbocycles. The molecule has 0 unspecified atom stereocenters. The van der Waals surface area contributed by atoms with Gasteiger partial charge in [0.05, 0.1) is 14.2 Å². The Morgan fingerprint density at radius 2 is 1.86 bits per heavy atom. The number of hydrogen-bond acceptors (Lipinski definition) is 12. The summed E-state index contributed by atoms with van der Waals surface area (Å²) in [6.45, 7) is 0.350. The van der Waals surface area contributed by atoms with Crippen LogP contribution in [0.2, 0.25) is 0 Å². The molecule has 0 saturated heterocycles. The van der Waals surface area contributed by atoms with Crippen LogP contribution < -0.4 is 29.0 Å². The van der Waals surface area contributed by atoms with Gasteiger partial charge in [0.15, 0.2) is 23.0 Å². The minimum absolute atomic E-state index is 0.0611. The number of methoxy groups -OCH3 is 2. The third kappa shape index (κ3) is 5.90. The number of aromatic nitrogens is 2. The predicted octanol–water partition coefficient (Wildman–Crippen LogP) is 2.81. The number of benzene rings is 2. The van der Waals surface area contributed by atoms with E-state index in [2.05, 4.69) is 15.5 Å². The summed E-state index contributed by atoms with van der Waals surface area (Å²) < 4.78 is 50.5. The molecule has 0 radical (unpaired) electrons. The SMILES string of the molecule is COc1cc(C=C(C#N)C(=O)Nc2nnc(S(C)(=O)=O)s2)cc(OC)c1OCc1ccc2c(c1)OCO2. The number of fused-ring (bicyclic) bond motifs is 1. The van der Waals surface area contributed by atoms with Crippen LogP contribution in [-0.4, -0.2) is 51.8 Å². The Labute approximate surface area is 215 Å². The van der Waals surface area contributed by atoms with Crippen molar-refractivity contribution in [3.05, 3.63) is 47.0 Å². The fourth-order valence-corrected chi connectivity index (χ4v) is 4.71. The Morgan fingerprint density at radius 1 is 1.16 bits per heavy atom. The summed E-state index contributed by atoms with van der Waals surface area (Å²) in [7, 11) is -0.681. The van der Waals surface area contributed by atoms with Gasteiger partial charge in [-0.25, -0.2) is 8.42 Å². The summed E-state index contributed by atoms with van der Waals surface area (Å²) in [6.07, 6.45) is 2.30. The van der Waals surface area contributed by atoms with Crippen molar-refractivity contribution >= 4 is 38.3 Å². The maximum Gasteiger partial charge on any atom is 0.268 e. The van der Waals surface area contributed by atoms with E-state index in [0.29, 0.717) is 45.6 Å². The molecule has 12 nitrogen and oxygen atoms in total. The van der Waals surface area contributed by atoms with Gasteiger partial charge in [-0.1, -0.05) is 17.4 Å². The van der Waals surface area contributed by atoms with Crippen LogP contribution in [0.1, 0.15) is 11.1 Å². The van der Waals surface area contributed by atoms with E-state index in [9.17, 15) is 18.5 Å². The molecule has 14 heteroatoms. The number of carbonyl (C=O) groups excluding carboxylic acids is 1. The predicted molar refractivity (Wildman–Crippen MR) is 132 cm³/mol.